The first-order valence-electron chi connectivity index (χ1n) is 45.7. The van der Waals surface area contributed by atoms with Crippen LogP contribution in [0.4, 0.5) is 0 Å². The van der Waals surface area contributed by atoms with Crippen LogP contribution in [0.5, 0.6) is 0 Å². The Morgan fingerprint density at radius 1 is 0.321 bits per heavy atom. The average Bonchev–Trinajstić information content (AvgIpc) is 0.760. The lowest BCUT2D eigenvalue weighted by Crippen LogP contribution is -2.66. The fourth-order valence-electron chi connectivity index (χ4n) is 15.6. The van der Waals surface area contributed by atoms with Gasteiger partial charge in [0.15, 0.2) is 18.9 Å². The topological polar surface area (TPSA) is 307 Å². The highest BCUT2D eigenvalue weighted by Crippen LogP contribution is 2.34. The first kappa shape index (κ1) is 101. The van der Waals surface area contributed by atoms with Gasteiger partial charge in [-0.05, 0) is 57.8 Å². The Kier molecular flexibility index (Phi) is 65.2. The van der Waals surface area contributed by atoms with Crippen molar-refractivity contribution in [2.45, 2.75) is 503 Å². The molecule has 0 aromatic rings. The maximum absolute atomic E-state index is 13.5. The van der Waals surface area contributed by atoms with Crippen molar-refractivity contribution in [2.24, 2.45) is 0 Å². The van der Waals surface area contributed by atoms with E-state index in [-0.39, 0.29) is 18.9 Å². The zero-order valence-electron chi connectivity index (χ0n) is 69.3. The second-order valence-corrected chi connectivity index (χ2v) is 32.8. The highest BCUT2D eigenvalue weighted by molar-refractivity contribution is 5.76. The highest BCUT2D eigenvalue weighted by atomic mass is 16.8. The lowest BCUT2D eigenvalue weighted by molar-refractivity contribution is -0.379. The van der Waals surface area contributed by atoms with Crippen molar-refractivity contribution in [2.75, 3.05) is 26.4 Å². The van der Waals surface area contributed by atoms with E-state index in [2.05, 4.69) is 43.5 Å². The minimum Gasteiger partial charge on any atom is -0.394 e. The van der Waals surface area contributed by atoms with Crippen LogP contribution in [0, 0.1) is 0 Å². The molecule has 19 nitrogen and oxygen atoms in total. The highest BCUT2D eigenvalue weighted by Gasteiger charge is 2.54. The van der Waals surface area contributed by atoms with E-state index in [1.54, 1.807) is 6.08 Å². The van der Waals surface area contributed by atoms with Crippen LogP contribution in [-0.4, -0.2) is 193 Å². The van der Waals surface area contributed by atoms with Crippen molar-refractivity contribution < 1.29 is 89.4 Å². The van der Waals surface area contributed by atoms with Crippen LogP contribution >= 0.6 is 0 Å². The second kappa shape index (κ2) is 70.2. The molecule has 0 spiro atoms. The number of ether oxygens (including phenoxy) is 6. The van der Waals surface area contributed by atoms with Gasteiger partial charge in [0.05, 0.1) is 38.6 Å². The van der Waals surface area contributed by atoms with Crippen molar-refractivity contribution in [3.63, 3.8) is 0 Å². The van der Waals surface area contributed by atoms with E-state index in [4.69, 9.17) is 28.4 Å². The largest absolute Gasteiger partial charge is 0.394 e. The number of nitrogens with one attached hydrogen (secondary N) is 1. The lowest BCUT2D eigenvalue weighted by Gasteiger charge is -2.48. The predicted octanol–water partition coefficient (Wildman–Crippen LogP) is 17.4. The molecule has 3 saturated heterocycles. The van der Waals surface area contributed by atoms with Gasteiger partial charge in [0, 0.05) is 6.42 Å². The molecule has 17 atom stereocenters. The zero-order valence-corrected chi connectivity index (χ0v) is 69.3. The van der Waals surface area contributed by atoms with Crippen molar-refractivity contribution in [1.82, 2.24) is 5.32 Å². The molecule has 642 valence electrons. The second-order valence-electron chi connectivity index (χ2n) is 32.8. The van der Waals surface area contributed by atoms with Crippen molar-refractivity contribution in [1.29, 1.82) is 0 Å². The molecule has 0 aliphatic carbocycles. The Labute approximate surface area is 663 Å². The molecule has 3 fully saturated rings. The van der Waals surface area contributed by atoms with Gasteiger partial charge in [0.2, 0.25) is 5.91 Å². The molecule has 0 saturated carbocycles. The molecular formula is C90H169NO18. The van der Waals surface area contributed by atoms with Gasteiger partial charge in [-0.1, -0.05) is 371 Å². The van der Waals surface area contributed by atoms with Gasteiger partial charge in [-0.2, -0.15) is 0 Å². The van der Waals surface area contributed by atoms with Crippen LogP contribution in [0.25, 0.3) is 0 Å². The summed E-state index contributed by atoms with van der Waals surface area (Å²) >= 11 is 0. The number of aliphatic hydroxyl groups is 11. The molecule has 0 bridgehead atoms. The number of hydrogen-bond donors (Lipinski definition) is 12. The van der Waals surface area contributed by atoms with Crippen LogP contribution < -0.4 is 5.32 Å². The van der Waals surface area contributed by atoms with Crippen molar-refractivity contribution >= 4 is 5.91 Å². The first-order chi connectivity index (χ1) is 53.3. The summed E-state index contributed by atoms with van der Waals surface area (Å²) in [5, 5.41) is 121. The minimum absolute atomic E-state index is 0.240. The van der Waals surface area contributed by atoms with Gasteiger partial charge in [-0.3, -0.25) is 4.79 Å². The molecule has 3 heterocycles. The van der Waals surface area contributed by atoms with Crippen LogP contribution in [0.2, 0.25) is 0 Å². The van der Waals surface area contributed by atoms with E-state index in [0.717, 1.165) is 38.5 Å². The smallest absolute Gasteiger partial charge is 0.220 e. The Morgan fingerprint density at radius 3 is 0.917 bits per heavy atom. The number of carbonyl (C=O) groups excluding carboxylic acids is 1. The summed E-state index contributed by atoms with van der Waals surface area (Å²) in [5.41, 5.74) is 0. The summed E-state index contributed by atoms with van der Waals surface area (Å²) in [6, 6.07) is -0.990. The lowest BCUT2D eigenvalue weighted by atomic mass is 9.96. The predicted molar refractivity (Wildman–Crippen MR) is 439 cm³/mol. The number of amides is 1. The van der Waals surface area contributed by atoms with Crippen LogP contribution in [0.15, 0.2) is 36.5 Å². The quantitative estimate of drug-likeness (QED) is 0.0199. The maximum atomic E-state index is 13.5. The van der Waals surface area contributed by atoms with Gasteiger partial charge < -0.3 is 89.9 Å². The van der Waals surface area contributed by atoms with E-state index in [1.165, 1.54) is 327 Å². The third-order valence-electron chi connectivity index (χ3n) is 22.9. The van der Waals surface area contributed by atoms with Crippen LogP contribution in [0.3, 0.4) is 0 Å². The summed E-state index contributed by atoms with van der Waals surface area (Å²) in [4.78, 5) is 13.5. The summed E-state index contributed by atoms with van der Waals surface area (Å²) in [5.74, 6) is -0.277. The fourth-order valence-corrected chi connectivity index (χ4v) is 15.6. The summed E-state index contributed by atoms with van der Waals surface area (Å²) in [7, 11) is 0. The molecule has 3 rings (SSSR count). The summed E-state index contributed by atoms with van der Waals surface area (Å²) < 4.78 is 34.5. The third kappa shape index (κ3) is 49.0. The first-order valence-corrected chi connectivity index (χ1v) is 45.7. The zero-order chi connectivity index (χ0) is 78.8. The van der Waals surface area contributed by atoms with Crippen molar-refractivity contribution in [3.05, 3.63) is 36.5 Å². The Balaban J connectivity index is 1.32. The van der Waals surface area contributed by atoms with Gasteiger partial charge in [0.25, 0.3) is 0 Å². The van der Waals surface area contributed by atoms with Crippen LogP contribution in [-0.2, 0) is 33.2 Å². The number of allylic oxidation sites excluding steroid dienone is 5. The van der Waals surface area contributed by atoms with Gasteiger partial charge in [-0.15, -0.1) is 0 Å². The van der Waals surface area contributed by atoms with E-state index >= 15 is 0 Å². The van der Waals surface area contributed by atoms with Gasteiger partial charge >= 0.3 is 0 Å². The SMILES string of the molecule is CCCCCCCCCC/C=C\CCCCCCCCCCCCCCCCCCCCCCCCCCCC(=O)NC(COC1OC(CO)C(OC2OC(CO)C(OC3OC(CO)C(O)C(O)C3O)C(O)C2O)C(O)C1O)C(O)/C=C/CC/C=C/CCCCCCCCCCCCCCCCCCCCCCC. The average molecular weight is 1550 g/mol. The monoisotopic (exact) mass is 1550 g/mol. The number of carbonyl (C=O) groups is 1. The molecule has 1 amide bonds. The molecule has 19 heteroatoms. The molecular weight excluding hydrogens is 1380 g/mol. The molecule has 3 aliphatic heterocycles. The van der Waals surface area contributed by atoms with E-state index in [0.29, 0.717) is 12.8 Å². The Hall–Kier alpha value is -1.99. The third-order valence-corrected chi connectivity index (χ3v) is 22.9. The Morgan fingerprint density at radius 2 is 0.587 bits per heavy atom. The van der Waals surface area contributed by atoms with E-state index in [9.17, 15) is 61.0 Å². The molecule has 0 aromatic heterocycles. The minimum atomic E-state index is -1.98. The molecule has 12 N–H and O–H groups in total. The van der Waals surface area contributed by atoms with Crippen molar-refractivity contribution in [3.8, 4) is 0 Å². The van der Waals surface area contributed by atoms with Gasteiger partial charge in [0.1, 0.15) is 73.2 Å². The summed E-state index contributed by atoms with van der Waals surface area (Å²) in [6.07, 6.45) is 63.2. The number of aliphatic hydroxyl groups excluding tert-OH is 11. The van der Waals surface area contributed by atoms with Crippen LogP contribution in [0.1, 0.15) is 399 Å². The molecule has 17 unspecified atom stereocenters. The Bertz CT molecular complexity index is 2100. The molecule has 0 aromatic carbocycles. The summed E-state index contributed by atoms with van der Waals surface area (Å²) in [6.45, 7) is 1.79. The van der Waals surface area contributed by atoms with E-state index in [1.807, 2.05) is 6.08 Å². The molecule has 3 aliphatic rings. The standard InChI is InChI=1S/C90H169NO18/c1-3-5-7-9-11-13-15-17-19-21-23-25-27-29-31-32-33-34-35-36-37-38-39-40-42-44-46-48-50-52-54-56-58-60-62-64-66-68-78(96)91-73(74(95)67-65-63-61-59-57-55-53-51-49-47-45-43-41-30-28-26-24-22-20-18-16-14-12-10-8-6-4-2)72-104-88-84(102)81(99)86(76(70-93)106-88)109-90-85(103)82(100)87(77(71-94)107-90)108-89-83(101)80(98)79(97)75(69-92)105-89/h21,23,57,59,65,67,73-77,79-90,92-95,97-103H,3-20,22,24-56,58,60-64,66,68-72H2,1-2H3,(H,91,96)/b23-21-,59-57+,67-65+. The number of hydrogen-bond acceptors (Lipinski definition) is 18. The molecule has 109 heavy (non-hydrogen) atoms. The number of unbranched alkanes of at least 4 members (excludes halogenated alkanes) is 55. The number of rotatable bonds is 75. The fraction of sp³-hybridized carbons (Fsp3) is 0.922. The maximum Gasteiger partial charge on any atom is 0.220 e. The normalized spacial score (nSPS) is 25.4. The molecule has 0 radical (unpaired) electrons. The van der Waals surface area contributed by atoms with Gasteiger partial charge in [-0.25, -0.2) is 0 Å². The van der Waals surface area contributed by atoms with E-state index < -0.39 is 124 Å².